The molecule has 0 bridgehead atoms. The zero-order valence-electron chi connectivity index (χ0n) is 5.16. The van der Waals surface area contributed by atoms with Crippen LogP contribution in [-0.4, -0.2) is 26.7 Å². The number of hydrogen-bond donors (Lipinski definition) is 0. The molecule has 0 aromatic rings. The average molecular weight is 206 g/mol. The Balaban J connectivity index is 2.93. The summed E-state index contributed by atoms with van der Waals surface area (Å²) < 4.78 is 61.8. The van der Waals surface area contributed by atoms with E-state index in [2.05, 4.69) is 8.37 Å². The molecule has 1 atom stereocenters. The lowest BCUT2D eigenvalue weighted by Gasteiger charge is -2.06. The molecule has 1 fully saturated rings. The summed E-state index contributed by atoms with van der Waals surface area (Å²) in [4.78, 5) is 10.2. The molecule has 0 aromatic carbocycles. The lowest BCUT2D eigenvalue weighted by atomic mass is 10.4. The molecule has 1 aliphatic rings. The van der Waals surface area contributed by atoms with E-state index >= 15 is 0 Å². The Hall–Kier alpha value is -0.830. The maximum atomic E-state index is 11.7. The molecule has 1 unspecified atom stereocenters. The monoisotopic (exact) mass is 206 g/mol. The Bertz CT molecular complexity index is 302. The van der Waals surface area contributed by atoms with Crippen molar-refractivity contribution in [1.82, 2.24) is 0 Å². The molecule has 0 saturated carbocycles. The summed E-state index contributed by atoms with van der Waals surface area (Å²) >= 11 is 0. The summed E-state index contributed by atoms with van der Waals surface area (Å²) in [5.41, 5.74) is 0. The van der Waals surface area contributed by atoms with Gasteiger partial charge in [-0.05, 0) is 0 Å². The molecule has 1 saturated heterocycles. The molecule has 0 amide bonds. The molecule has 9 heteroatoms. The van der Waals surface area contributed by atoms with E-state index in [1.54, 1.807) is 0 Å². The molecular formula is C3HF3O5S. The summed E-state index contributed by atoms with van der Waals surface area (Å²) in [5.74, 6) is -1.97. The van der Waals surface area contributed by atoms with E-state index in [0.29, 0.717) is 0 Å². The second-order valence-corrected chi connectivity index (χ2v) is 3.00. The predicted molar refractivity (Wildman–Crippen MR) is 25.9 cm³/mol. The van der Waals surface area contributed by atoms with E-state index < -0.39 is 28.6 Å². The van der Waals surface area contributed by atoms with Crippen LogP contribution < -0.4 is 0 Å². The molecule has 1 aliphatic heterocycles. The van der Waals surface area contributed by atoms with Crippen LogP contribution in [0.15, 0.2) is 0 Å². The van der Waals surface area contributed by atoms with Crippen molar-refractivity contribution in [2.75, 3.05) is 0 Å². The first-order valence-corrected chi connectivity index (χ1v) is 3.79. The first-order valence-electron chi connectivity index (χ1n) is 2.45. The quantitative estimate of drug-likeness (QED) is 0.545. The number of halogens is 3. The summed E-state index contributed by atoms with van der Waals surface area (Å²) in [5, 5.41) is 0. The molecule has 0 N–H and O–H groups in total. The van der Waals surface area contributed by atoms with Crippen LogP contribution in [0.3, 0.4) is 0 Å². The minimum absolute atomic E-state index is 1.97. The maximum absolute atomic E-state index is 11.7. The molecule has 0 aliphatic carbocycles. The highest BCUT2D eigenvalue weighted by Crippen LogP contribution is 2.29. The molecule has 12 heavy (non-hydrogen) atoms. The second kappa shape index (κ2) is 2.33. The highest BCUT2D eigenvalue weighted by Gasteiger charge is 2.56. The SMILES string of the molecule is O=C1OS(=O)(=O)OC1C(F)(F)F. The highest BCUT2D eigenvalue weighted by molar-refractivity contribution is 7.82. The fourth-order valence-electron chi connectivity index (χ4n) is 0.509. The van der Waals surface area contributed by atoms with Crippen LogP contribution in [0.25, 0.3) is 0 Å². The molecular weight excluding hydrogens is 205 g/mol. The van der Waals surface area contributed by atoms with Crippen LogP contribution in [0.2, 0.25) is 0 Å². The van der Waals surface area contributed by atoms with E-state index in [4.69, 9.17) is 0 Å². The van der Waals surface area contributed by atoms with Gasteiger partial charge in [0.25, 0.3) is 6.10 Å². The van der Waals surface area contributed by atoms with E-state index in [1.165, 1.54) is 0 Å². The van der Waals surface area contributed by atoms with Crippen LogP contribution in [0.1, 0.15) is 0 Å². The zero-order chi connectivity index (χ0) is 9.57. The van der Waals surface area contributed by atoms with Gasteiger partial charge in [0.05, 0.1) is 0 Å². The largest absolute Gasteiger partial charge is 0.452 e. The van der Waals surface area contributed by atoms with Crippen molar-refractivity contribution in [3.63, 3.8) is 0 Å². The third-order valence-corrected chi connectivity index (χ3v) is 1.71. The van der Waals surface area contributed by atoms with Gasteiger partial charge in [-0.25, -0.2) is 8.98 Å². The van der Waals surface area contributed by atoms with Gasteiger partial charge in [-0.3, -0.25) is 0 Å². The number of rotatable bonds is 0. The Kier molecular flexibility index (Phi) is 1.80. The van der Waals surface area contributed by atoms with Crippen molar-refractivity contribution in [3.05, 3.63) is 0 Å². The van der Waals surface area contributed by atoms with E-state index in [9.17, 15) is 26.4 Å². The van der Waals surface area contributed by atoms with Crippen LogP contribution >= 0.6 is 0 Å². The van der Waals surface area contributed by atoms with Crippen LogP contribution in [0.5, 0.6) is 0 Å². The highest BCUT2D eigenvalue weighted by atomic mass is 32.3. The fourth-order valence-corrected chi connectivity index (χ4v) is 1.26. The Morgan fingerprint density at radius 3 is 2.00 bits per heavy atom. The van der Waals surface area contributed by atoms with Crippen LogP contribution in [-0.2, 0) is 23.6 Å². The zero-order valence-corrected chi connectivity index (χ0v) is 5.98. The summed E-state index contributed by atoms with van der Waals surface area (Å²) in [6, 6.07) is 0. The smallest absolute Gasteiger partial charge is 0.321 e. The molecule has 1 rings (SSSR count). The van der Waals surface area contributed by atoms with Gasteiger partial charge >= 0.3 is 22.5 Å². The van der Waals surface area contributed by atoms with E-state index in [1.807, 2.05) is 0 Å². The second-order valence-electron chi connectivity index (χ2n) is 1.83. The molecule has 0 spiro atoms. The standard InChI is InChI=1S/C3HF3O5S/c4-3(5,6)1-2(7)11-12(8,9)10-1/h1H. The van der Waals surface area contributed by atoms with Gasteiger partial charge in [-0.1, -0.05) is 0 Å². The van der Waals surface area contributed by atoms with Crippen molar-refractivity contribution < 1.29 is 34.7 Å². The number of hydrogen-bond acceptors (Lipinski definition) is 5. The average Bonchev–Trinajstić information content (AvgIpc) is 2.03. The van der Waals surface area contributed by atoms with Crippen molar-refractivity contribution in [3.8, 4) is 0 Å². The topological polar surface area (TPSA) is 69.7 Å². The molecule has 70 valence electrons. The van der Waals surface area contributed by atoms with Crippen LogP contribution in [0.4, 0.5) is 13.2 Å². The van der Waals surface area contributed by atoms with Gasteiger partial charge in [-0.15, -0.1) is 0 Å². The predicted octanol–water partition coefficient (Wildman–Crippen LogP) is -0.264. The molecule has 0 aromatic heterocycles. The number of alkyl halides is 3. The van der Waals surface area contributed by atoms with Crippen molar-refractivity contribution in [2.24, 2.45) is 0 Å². The molecule has 1 heterocycles. The first kappa shape index (κ1) is 9.26. The van der Waals surface area contributed by atoms with Gasteiger partial charge < -0.3 is 4.18 Å². The summed E-state index contributed by atoms with van der Waals surface area (Å²) in [7, 11) is -4.80. The van der Waals surface area contributed by atoms with Crippen molar-refractivity contribution in [1.29, 1.82) is 0 Å². The third-order valence-electron chi connectivity index (χ3n) is 0.910. The first-order chi connectivity index (χ1) is 5.22. The Labute approximate surface area is 64.4 Å². The number of carbonyl (C=O) groups excluding carboxylic acids is 1. The van der Waals surface area contributed by atoms with Crippen molar-refractivity contribution >= 4 is 16.4 Å². The normalized spacial score (nSPS) is 28.6. The maximum Gasteiger partial charge on any atom is 0.452 e. The lowest BCUT2D eigenvalue weighted by Crippen LogP contribution is -2.34. The minimum atomic E-state index is -5.07. The Morgan fingerprint density at radius 1 is 1.33 bits per heavy atom. The third kappa shape index (κ3) is 1.67. The minimum Gasteiger partial charge on any atom is -0.321 e. The number of carbonyl (C=O) groups is 1. The summed E-state index contributed by atoms with van der Waals surface area (Å²) in [6.45, 7) is 0. The molecule has 0 radical (unpaired) electrons. The Morgan fingerprint density at radius 2 is 1.83 bits per heavy atom. The van der Waals surface area contributed by atoms with Gasteiger partial charge in [-0.2, -0.15) is 21.6 Å². The lowest BCUT2D eigenvalue weighted by molar-refractivity contribution is -0.195. The van der Waals surface area contributed by atoms with Gasteiger partial charge in [0.15, 0.2) is 0 Å². The molecule has 5 nitrogen and oxygen atoms in total. The van der Waals surface area contributed by atoms with E-state index in [0.717, 1.165) is 0 Å². The van der Waals surface area contributed by atoms with E-state index in [-0.39, 0.29) is 0 Å². The van der Waals surface area contributed by atoms with Gasteiger partial charge in [0, 0.05) is 0 Å². The fraction of sp³-hybridized carbons (Fsp3) is 0.667. The van der Waals surface area contributed by atoms with Gasteiger partial charge in [0.1, 0.15) is 0 Å². The van der Waals surface area contributed by atoms with Crippen LogP contribution in [0, 0.1) is 0 Å². The summed E-state index contributed by atoms with van der Waals surface area (Å²) in [6.07, 6.45) is -8.09. The van der Waals surface area contributed by atoms with Crippen molar-refractivity contribution in [2.45, 2.75) is 12.3 Å². The van der Waals surface area contributed by atoms with Gasteiger partial charge in [0.2, 0.25) is 0 Å².